The van der Waals surface area contributed by atoms with E-state index in [-0.39, 0.29) is 5.28 Å². The van der Waals surface area contributed by atoms with Crippen molar-refractivity contribution in [3.63, 3.8) is 0 Å². The summed E-state index contributed by atoms with van der Waals surface area (Å²) in [5, 5.41) is 0.257. The van der Waals surface area contributed by atoms with Gasteiger partial charge in [0.25, 0.3) is 0 Å². The van der Waals surface area contributed by atoms with Crippen LogP contribution in [-0.2, 0) is 0 Å². The molecule has 2 rings (SSSR count). The second-order valence-electron chi connectivity index (χ2n) is 4.98. The van der Waals surface area contributed by atoms with Crippen LogP contribution < -0.4 is 10.6 Å². The largest absolute Gasteiger partial charge is 0.394 e. The summed E-state index contributed by atoms with van der Waals surface area (Å²) in [5.74, 6) is 0.743. The molecule has 0 spiro atoms. The van der Waals surface area contributed by atoms with Crippen molar-refractivity contribution >= 4 is 23.1 Å². The summed E-state index contributed by atoms with van der Waals surface area (Å²) in [5.41, 5.74) is 7.41. The third kappa shape index (κ3) is 2.67. The molecule has 0 radical (unpaired) electrons. The Labute approximate surface area is 113 Å². The van der Waals surface area contributed by atoms with Crippen molar-refractivity contribution < 1.29 is 0 Å². The molecule has 0 aromatic carbocycles. The van der Waals surface area contributed by atoms with Crippen LogP contribution in [0.2, 0.25) is 5.28 Å². The highest BCUT2D eigenvalue weighted by Crippen LogP contribution is 2.27. The zero-order chi connectivity index (χ0) is 13.3. The number of aryl methyl sites for hydroxylation is 1. The molecule has 18 heavy (non-hydrogen) atoms. The van der Waals surface area contributed by atoms with Gasteiger partial charge in [0.05, 0.1) is 11.4 Å². The molecule has 0 saturated carbocycles. The molecule has 0 amide bonds. The average molecular weight is 270 g/mol. The van der Waals surface area contributed by atoms with Gasteiger partial charge in [0.2, 0.25) is 5.28 Å². The van der Waals surface area contributed by atoms with Gasteiger partial charge in [-0.15, -0.1) is 0 Å². The maximum absolute atomic E-state index is 6.05. The Morgan fingerprint density at radius 2 is 2.17 bits per heavy atom. The first kappa shape index (κ1) is 13.4. The second kappa shape index (κ2) is 5.28. The van der Waals surface area contributed by atoms with Gasteiger partial charge >= 0.3 is 0 Å². The normalized spacial score (nSPS) is 21.0. The Morgan fingerprint density at radius 3 is 2.83 bits per heavy atom. The third-order valence-corrected chi connectivity index (χ3v) is 3.74. The molecule has 1 aliphatic heterocycles. The fraction of sp³-hybridized carbons (Fsp3) is 0.667. The van der Waals surface area contributed by atoms with Gasteiger partial charge in [-0.05, 0) is 45.0 Å². The third-order valence-electron chi connectivity index (χ3n) is 3.57. The second-order valence-corrected chi connectivity index (χ2v) is 5.32. The first-order valence-corrected chi connectivity index (χ1v) is 6.58. The number of halogens is 1. The molecule has 1 aromatic rings. The fourth-order valence-electron chi connectivity index (χ4n) is 2.43. The highest BCUT2D eigenvalue weighted by atomic mass is 35.5. The number of nitrogens with zero attached hydrogens (tertiary/aromatic N) is 4. The molecule has 2 N–H and O–H groups in total. The van der Waals surface area contributed by atoms with Crippen LogP contribution in [0.5, 0.6) is 0 Å². The zero-order valence-electron chi connectivity index (χ0n) is 11.1. The Bertz CT molecular complexity index is 437. The van der Waals surface area contributed by atoms with E-state index in [0.717, 1.165) is 31.0 Å². The van der Waals surface area contributed by atoms with Crippen molar-refractivity contribution in [3.05, 3.63) is 11.0 Å². The Kier molecular flexibility index (Phi) is 3.92. The van der Waals surface area contributed by atoms with Crippen molar-refractivity contribution in [1.29, 1.82) is 0 Å². The lowest BCUT2D eigenvalue weighted by atomic mass is 10.0. The van der Waals surface area contributed by atoms with E-state index in [1.807, 2.05) is 14.0 Å². The summed E-state index contributed by atoms with van der Waals surface area (Å²) >= 11 is 5.92. The number of hydrogen-bond acceptors (Lipinski definition) is 5. The number of nitrogens with two attached hydrogens (primary N) is 1. The molecule has 1 fully saturated rings. The molecule has 6 heteroatoms. The van der Waals surface area contributed by atoms with E-state index in [9.17, 15) is 0 Å². The molecule has 1 saturated heterocycles. The first-order valence-electron chi connectivity index (χ1n) is 6.20. The van der Waals surface area contributed by atoms with Crippen molar-refractivity contribution in [3.8, 4) is 0 Å². The van der Waals surface area contributed by atoms with Gasteiger partial charge in [0.1, 0.15) is 0 Å². The SMILES string of the molecule is Cc1nc(Cl)nc(N(C)C2CCCN(C)C2)c1N. The highest BCUT2D eigenvalue weighted by molar-refractivity contribution is 6.28. The van der Waals surface area contributed by atoms with Gasteiger partial charge < -0.3 is 15.5 Å². The van der Waals surface area contributed by atoms with Crippen molar-refractivity contribution in [2.24, 2.45) is 0 Å². The minimum absolute atomic E-state index is 0.257. The number of likely N-dealkylation sites (tertiary alicyclic amines) is 1. The maximum atomic E-state index is 6.05. The van der Waals surface area contributed by atoms with E-state index in [0.29, 0.717) is 11.7 Å². The number of likely N-dealkylation sites (N-methyl/N-ethyl adjacent to an activating group) is 2. The topological polar surface area (TPSA) is 58.3 Å². The summed E-state index contributed by atoms with van der Waals surface area (Å²) in [6, 6.07) is 0.427. The van der Waals surface area contributed by atoms with Crippen LogP contribution >= 0.6 is 11.6 Å². The minimum atomic E-state index is 0.257. The molecule has 1 unspecified atom stereocenters. The quantitative estimate of drug-likeness (QED) is 0.826. The lowest BCUT2D eigenvalue weighted by Gasteiger charge is -2.36. The molecular weight excluding hydrogens is 250 g/mol. The van der Waals surface area contributed by atoms with E-state index in [1.165, 1.54) is 6.42 Å². The van der Waals surface area contributed by atoms with Crippen LogP contribution in [0.1, 0.15) is 18.5 Å². The summed E-state index contributed by atoms with van der Waals surface area (Å²) in [6.07, 6.45) is 2.35. The van der Waals surface area contributed by atoms with Gasteiger partial charge in [-0.2, -0.15) is 4.98 Å². The number of anilines is 2. The van der Waals surface area contributed by atoms with Gasteiger partial charge in [-0.25, -0.2) is 4.98 Å². The Hall–Kier alpha value is -1.07. The summed E-state index contributed by atoms with van der Waals surface area (Å²) in [6.45, 7) is 4.03. The number of aromatic nitrogens is 2. The standard InChI is InChI=1S/C12H20ClN5/c1-8-10(14)11(16-12(13)15-8)18(3)9-5-4-6-17(2)7-9/h9H,4-7,14H2,1-3H3. The van der Waals surface area contributed by atoms with E-state index in [2.05, 4.69) is 26.8 Å². The predicted molar refractivity (Wildman–Crippen MR) is 75.1 cm³/mol. The lowest BCUT2D eigenvalue weighted by molar-refractivity contribution is 0.247. The monoisotopic (exact) mass is 269 g/mol. The molecule has 1 aromatic heterocycles. The number of hydrogen-bond donors (Lipinski definition) is 1. The molecule has 0 bridgehead atoms. The van der Waals surface area contributed by atoms with Crippen LogP contribution in [0.15, 0.2) is 0 Å². The molecule has 0 aliphatic carbocycles. The molecular formula is C12H20ClN5. The number of nitrogen functional groups attached to an aromatic ring is 1. The lowest BCUT2D eigenvalue weighted by Crippen LogP contribution is -2.45. The van der Waals surface area contributed by atoms with Crippen LogP contribution in [0, 0.1) is 6.92 Å². The summed E-state index contributed by atoms with van der Waals surface area (Å²) < 4.78 is 0. The van der Waals surface area contributed by atoms with E-state index in [1.54, 1.807) is 0 Å². The van der Waals surface area contributed by atoms with Crippen LogP contribution in [-0.4, -0.2) is 48.1 Å². The van der Waals surface area contributed by atoms with Gasteiger partial charge in [-0.1, -0.05) is 0 Å². The molecule has 100 valence electrons. The summed E-state index contributed by atoms with van der Waals surface area (Å²) in [4.78, 5) is 12.8. The van der Waals surface area contributed by atoms with E-state index >= 15 is 0 Å². The number of piperidine rings is 1. The molecule has 5 nitrogen and oxygen atoms in total. The Morgan fingerprint density at radius 1 is 1.44 bits per heavy atom. The van der Waals surface area contributed by atoms with Gasteiger partial charge in [-0.3, -0.25) is 0 Å². The first-order chi connectivity index (χ1) is 8.49. The zero-order valence-corrected chi connectivity index (χ0v) is 11.9. The maximum Gasteiger partial charge on any atom is 0.224 e. The van der Waals surface area contributed by atoms with Crippen LogP contribution in [0.25, 0.3) is 0 Å². The molecule has 1 atom stereocenters. The predicted octanol–water partition coefficient (Wildman–Crippen LogP) is 1.55. The number of rotatable bonds is 2. The highest BCUT2D eigenvalue weighted by Gasteiger charge is 2.24. The fourth-order valence-corrected chi connectivity index (χ4v) is 2.64. The average Bonchev–Trinajstić information content (AvgIpc) is 2.33. The van der Waals surface area contributed by atoms with Gasteiger partial charge in [0, 0.05) is 19.6 Å². The van der Waals surface area contributed by atoms with Crippen LogP contribution in [0.3, 0.4) is 0 Å². The minimum Gasteiger partial charge on any atom is -0.394 e. The van der Waals surface area contributed by atoms with E-state index < -0.39 is 0 Å². The van der Waals surface area contributed by atoms with Crippen molar-refractivity contribution in [2.45, 2.75) is 25.8 Å². The van der Waals surface area contributed by atoms with E-state index in [4.69, 9.17) is 17.3 Å². The smallest absolute Gasteiger partial charge is 0.224 e. The van der Waals surface area contributed by atoms with Crippen molar-refractivity contribution in [2.75, 3.05) is 37.8 Å². The summed E-state index contributed by atoms with van der Waals surface area (Å²) in [7, 11) is 4.17. The van der Waals surface area contributed by atoms with Gasteiger partial charge in [0.15, 0.2) is 5.82 Å². The molecule has 2 heterocycles. The molecule has 1 aliphatic rings. The van der Waals surface area contributed by atoms with Crippen LogP contribution in [0.4, 0.5) is 11.5 Å². The van der Waals surface area contributed by atoms with Crippen molar-refractivity contribution in [1.82, 2.24) is 14.9 Å². The Balaban J connectivity index is 2.25.